The molecule has 0 spiro atoms. The molecule has 0 atom stereocenters. The van der Waals surface area contributed by atoms with Gasteiger partial charge >= 0.3 is 0 Å². The number of nitrogens with zero attached hydrogens (tertiary/aromatic N) is 4. The smallest absolute Gasteiger partial charge is 0.134 e. The lowest BCUT2D eigenvalue weighted by Crippen LogP contribution is -2.48. The molecule has 0 unspecified atom stereocenters. The van der Waals surface area contributed by atoms with E-state index in [-0.39, 0.29) is 0 Å². The van der Waals surface area contributed by atoms with Crippen LogP contribution in [0.1, 0.15) is 54.9 Å². The molecule has 5 heteroatoms. The highest BCUT2D eigenvalue weighted by Crippen LogP contribution is 2.60. The molecular weight excluding hydrogens is 328 g/mol. The van der Waals surface area contributed by atoms with Crippen LogP contribution in [0.4, 0.5) is 0 Å². The second-order valence-electron chi connectivity index (χ2n) is 8.29. The number of hydrogen-bond acceptors (Lipinski definition) is 4. The van der Waals surface area contributed by atoms with E-state index in [9.17, 15) is 5.26 Å². The third-order valence-corrected chi connectivity index (χ3v) is 7.46. The molecule has 128 valence electrons. The van der Waals surface area contributed by atoms with E-state index in [4.69, 9.17) is 4.98 Å². The van der Waals surface area contributed by atoms with Crippen LogP contribution < -0.4 is 0 Å². The van der Waals surface area contributed by atoms with Crippen molar-refractivity contribution in [3.8, 4) is 6.07 Å². The largest absolute Gasteiger partial charge is 0.269 e. The first-order valence-corrected chi connectivity index (χ1v) is 10.1. The molecule has 0 N–H and O–H groups in total. The molecule has 2 aromatic heterocycles. The van der Waals surface area contributed by atoms with Crippen LogP contribution in [0.25, 0.3) is 11.6 Å². The van der Waals surface area contributed by atoms with Gasteiger partial charge < -0.3 is 0 Å². The molecule has 4 aliphatic carbocycles. The Morgan fingerprint density at radius 2 is 1.96 bits per heavy atom. The SMILES string of the molecule is Cn1nccc1/C=C(\C#N)c1nc(C23CC4CC(CC(C4)C2)C3)cs1. The van der Waals surface area contributed by atoms with Crippen LogP contribution in [0.2, 0.25) is 0 Å². The molecule has 0 amide bonds. The zero-order valence-corrected chi connectivity index (χ0v) is 15.3. The van der Waals surface area contributed by atoms with E-state index < -0.39 is 0 Å². The lowest BCUT2D eigenvalue weighted by atomic mass is 9.49. The first-order valence-electron chi connectivity index (χ1n) is 9.21. The maximum atomic E-state index is 9.63. The topological polar surface area (TPSA) is 54.5 Å². The van der Waals surface area contributed by atoms with Gasteiger partial charge in [0.1, 0.15) is 11.1 Å². The normalized spacial score (nSPS) is 33.6. The predicted octanol–water partition coefficient (Wildman–Crippen LogP) is 4.41. The van der Waals surface area contributed by atoms with Gasteiger partial charge in [-0.15, -0.1) is 11.3 Å². The molecule has 6 rings (SSSR count). The standard InChI is InChI=1S/C20H22N4S/c1-24-17(2-3-22-24)7-16(11-21)19-23-18(12-25-19)20-8-13-4-14(9-20)6-15(5-13)10-20/h2-3,7,12-15H,4-6,8-10H2,1H3/b16-7+. The summed E-state index contributed by atoms with van der Waals surface area (Å²) in [4.78, 5) is 4.98. The third kappa shape index (κ3) is 2.46. The highest BCUT2D eigenvalue weighted by atomic mass is 32.1. The average Bonchev–Trinajstić information content (AvgIpc) is 3.21. The van der Waals surface area contributed by atoms with Gasteiger partial charge in [0.05, 0.1) is 17.0 Å². The maximum Gasteiger partial charge on any atom is 0.134 e. The van der Waals surface area contributed by atoms with Crippen LogP contribution in [0.3, 0.4) is 0 Å². The maximum absolute atomic E-state index is 9.63. The van der Waals surface area contributed by atoms with E-state index in [1.807, 2.05) is 19.2 Å². The van der Waals surface area contributed by atoms with Crippen LogP contribution in [-0.2, 0) is 12.5 Å². The highest BCUT2D eigenvalue weighted by molar-refractivity contribution is 7.11. The molecule has 4 aliphatic rings. The zero-order valence-electron chi connectivity index (χ0n) is 14.5. The van der Waals surface area contributed by atoms with Crippen LogP contribution in [-0.4, -0.2) is 14.8 Å². The minimum atomic E-state index is 0.302. The van der Waals surface area contributed by atoms with Gasteiger partial charge in [-0.3, -0.25) is 4.68 Å². The predicted molar refractivity (Wildman–Crippen MR) is 98.7 cm³/mol. The van der Waals surface area contributed by atoms with Crippen LogP contribution >= 0.6 is 11.3 Å². The monoisotopic (exact) mass is 350 g/mol. The van der Waals surface area contributed by atoms with Crippen LogP contribution in [0, 0.1) is 29.1 Å². The number of hydrogen-bond donors (Lipinski definition) is 0. The van der Waals surface area contributed by atoms with Gasteiger partial charge in [-0.25, -0.2) is 4.98 Å². The molecular formula is C20H22N4S. The Kier molecular flexibility index (Phi) is 3.40. The molecule has 0 radical (unpaired) electrons. The first kappa shape index (κ1) is 15.3. The Morgan fingerprint density at radius 3 is 2.52 bits per heavy atom. The molecule has 4 nitrogen and oxygen atoms in total. The van der Waals surface area contributed by atoms with E-state index in [2.05, 4.69) is 16.5 Å². The van der Waals surface area contributed by atoms with E-state index in [1.165, 1.54) is 44.2 Å². The molecule has 2 heterocycles. The van der Waals surface area contributed by atoms with Gasteiger partial charge in [0.2, 0.25) is 0 Å². The van der Waals surface area contributed by atoms with Gasteiger partial charge in [-0.1, -0.05) is 0 Å². The Labute approximate surface area is 152 Å². The first-order chi connectivity index (χ1) is 12.1. The van der Waals surface area contributed by atoms with Crippen molar-refractivity contribution in [1.82, 2.24) is 14.8 Å². The lowest BCUT2D eigenvalue weighted by Gasteiger charge is -2.56. The second-order valence-corrected chi connectivity index (χ2v) is 9.14. The number of thiazole rings is 1. The number of rotatable bonds is 3. The average molecular weight is 350 g/mol. The van der Waals surface area contributed by atoms with Crippen molar-refractivity contribution < 1.29 is 0 Å². The van der Waals surface area contributed by atoms with Crippen molar-refractivity contribution in [3.63, 3.8) is 0 Å². The Hall–Kier alpha value is -1.93. The summed E-state index contributed by atoms with van der Waals surface area (Å²) >= 11 is 1.63. The van der Waals surface area contributed by atoms with Gasteiger partial charge in [0.25, 0.3) is 0 Å². The van der Waals surface area contributed by atoms with Gasteiger partial charge in [-0.2, -0.15) is 10.4 Å². The third-order valence-electron chi connectivity index (χ3n) is 6.59. The van der Waals surface area contributed by atoms with Crippen molar-refractivity contribution in [2.45, 2.75) is 43.9 Å². The molecule has 0 aromatic carbocycles. The summed E-state index contributed by atoms with van der Waals surface area (Å²) in [6.45, 7) is 0. The summed E-state index contributed by atoms with van der Waals surface area (Å²) in [6, 6.07) is 4.26. The quantitative estimate of drug-likeness (QED) is 0.771. The fraction of sp³-hybridized carbons (Fsp3) is 0.550. The Balaban J connectivity index is 1.49. The molecule has 4 fully saturated rings. The van der Waals surface area contributed by atoms with E-state index in [0.29, 0.717) is 11.0 Å². The highest BCUT2D eigenvalue weighted by Gasteiger charge is 2.52. The fourth-order valence-corrected chi connectivity index (χ4v) is 6.79. The summed E-state index contributed by atoms with van der Waals surface area (Å²) in [7, 11) is 1.89. The minimum Gasteiger partial charge on any atom is -0.269 e. The molecule has 0 aliphatic heterocycles. The van der Waals surface area contributed by atoms with Crippen LogP contribution in [0.5, 0.6) is 0 Å². The number of aromatic nitrogens is 3. The van der Waals surface area contributed by atoms with Gasteiger partial charge in [-0.05, 0) is 68.4 Å². The summed E-state index contributed by atoms with van der Waals surface area (Å²) in [5.41, 5.74) is 3.14. The molecule has 2 aromatic rings. The van der Waals surface area contributed by atoms with Crippen LogP contribution in [0.15, 0.2) is 17.6 Å². The van der Waals surface area contributed by atoms with Gasteiger partial charge in [0, 0.05) is 24.0 Å². The van der Waals surface area contributed by atoms with E-state index in [0.717, 1.165) is 28.5 Å². The second kappa shape index (κ2) is 5.54. The summed E-state index contributed by atoms with van der Waals surface area (Å²) in [6.07, 6.45) is 11.9. The number of nitriles is 1. The van der Waals surface area contributed by atoms with Crippen molar-refractivity contribution in [1.29, 1.82) is 5.26 Å². The van der Waals surface area contributed by atoms with E-state index >= 15 is 0 Å². The van der Waals surface area contributed by atoms with Crippen molar-refractivity contribution in [2.24, 2.45) is 24.8 Å². The van der Waals surface area contributed by atoms with Crippen molar-refractivity contribution >= 4 is 23.0 Å². The van der Waals surface area contributed by atoms with Gasteiger partial charge in [0.15, 0.2) is 0 Å². The fourth-order valence-electron chi connectivity index (χ4n) is 5.88. The Bertz CT molecular complexity index is 846. The summed E-state index contributed by atoms with van der Waals surface area (Å²) in [5, 5.41) is 16.9. The number of aryl methyl sites for hydroxylation is 1. The summed E-state index contributed by atoms with van der Waals surface area (Å²) < 4.78 is 1.78. The van der Waals surface area contributed by atoms with E-state index in [1.54, 1.807) is 22.2 Å². The molecule has 4 bridgehead atoms. The minimum absolute atomic E-state index is 0.302. The Morgan fingerprint density at radius 1 is 1.28 bits per heavy atom. The molecule has 4 saturated carbocycles. The lowest BCUT2D eigenvalue weighted by molar-refractivity contribution is -0.00694. The number of allylic oxidation sites excluding steroid dienone is 1. The van der Waals surface area contributed by atoms with Crippen molar-refractivity contribution in [3.05, 3.63) is 34.0 Å². The zero-order chi connectivity index (χ0) is 17.0. The summed E-state index contributed by atoms with van der Waals surface area (Å²) in [5.74, 6) is 2.74. The molecule has 25 heavy (non-hydrogen) atoms. The van der Waals surface area contributed by atoms with Crippen molar-refractivity contribution in [2.75, 3.05) is 0 Å². The molecule has 0 saturated heterocycles.